The lowest BCUT2D eigenvalue weighted by Gasteiger charge is -2.05. The highest BCUT2D eigenvalue weighted by Crippen LogP contribution is 2.12. The Morgan fingerprint density at radius 1 is 0.789 bits per heavy atom. The number of aliphatic hydroxyl groups excluding tert-OH is 1. The first-order valence-corrected chi connectivity index (χ1v) is 7.88. The molecule has 0 saturated carbocycles. The van der Waals surface area contributed by atoms with Crippen molar-refractivity contribution in [1.29, 1.82) is 0 Å². The molecular weight excluding hydrogens is 240 g/mol. The first-order chi connectivity index (χ1) is 9.18. The molecule has 0 radical (unpaired) electrons. The smallest absolute Gasteiger partial charge is 0.332 e. The van der Waals surface area contributed by atoms with Crippen molar-refractivity contribution < 1.29 is 15.0 Å². The third kappa shape index (κ3) is 13.5. The fourth-order valence-corrected chi connectivity index (χ4v) is 2.23. The molecule has 1 atom stereocenters. The Bertz CT molecular complexity index is 204. The van der Waals surface area contributed by atoms with Gasteiger partial charge in [-0.15, -0.1) is 0 Å². The third-order valence-electron chi connectivity index (χ3n) is 3.51. The van der Waals surface area contributed by atoms with Gasteiger partial charge in [-0.2, -0.15) is 0 Å². The molecule has 1 unspecified atom stereocenters. The molecule has 3 heteroatoms. The second-order valence-corrected chi connectivity index (χ2v) is 5.39. The van der Waals surface area contributed by atoms with Crippen LogP contribution < -0.4 is 0 Å². The maximum absolute atomic E-state index is 10.4. The van der Waals surface area contributed by atoms with Crippen molar-refractivity contribution in [2.75, 3.05) is 0 Å². The van der Waals surface area contributed by atoms with Crippen LogP contribution >= 0.6 is 0 Å². The highest BCUT2D eigenvalue weighted by Gasteiger charge is 2.11. The molecule has 0 aliphatic rings. The summed E-state index contributed by atoms with van der Waals surface area (Å²) in [5.74, 6) is -1.10. The van der Waals surface area contributed by atoms with Crippen LogP contribution in [0.3, 0.4) is 0 Å². The molecule has 3 nitrogen and oxygen atoms in total. The molecular formula is C16H31O3+. The maximum Gasteiger partial charge on any atom is 0.332 e. The molecule has 0 aliphatic heterocycles. The number of hydrogen-bond donors (Lipinski definition) is 2. The number of carboxylic acid groups (broad SMARTS) is 1. The number of aliphatic hydroxyl groups is 1. The zero-order chi connectivity index (χ0) is 14.3. The van der Waals surface area contributed by atoms with E-state index in [1.807, 2.05) is 0 Å². The van der Waals surface area contributed by atoms with Gasteiger partial charge >= 0.3 is 5.97 Å². The monoisotopic (exact) mass is 271 g/mol. The fraction of sp³-hybridized carbons (Fsp3) is 0.875. The summed E-state index contributed by atoms with van der Waals surface area (Å²) in [4.78, 5) is 10.4. The van der Waals surface area contributed by atoms with Gasteiger partial charge in [0, 0.05) is 0 Å². The lowest BCUT2D eigenvalue weighted by Crippen LogP contribution is -2.18. The lowest BCUT2D eigenvalue weighted by molar-refractivity contribution is -0.146. The van der Waals surface area contributed by atoms with Crippen LogP contribution in [0.2, 0.25) is 0 Å². The first kappa shape index (κ1) is 18.3. The van der Waals surface area contributed by atoms with Crippen LogP contribution in [0.4, 0.5) is 0 Å². The van der Waals surface area contributed by atoms with E-state index in [0.29, 0.717) is 6.42 Å². The van der Waals surface area contributed by atoms with Crippen molar-refractivity contribution in [2.45, 2.75) is 89.6 Å². The van der Waals surface area contributed by atoms with E-state index >= 15 is 0 Å². The van der Waals surface area contributed by atoms with E-state index in [2.05, 4.69) is 6.92 Å². The molecule has 0 aromatic rings. The summed E-state index contributed by atoms with van der Waals surface area (Å²) in [6, 6.07) is 0. The second kappa shape index (κ2) is 13.7. The van der Waals surface area contributed by atoms with Crippen molar-refractivity contribution in [2.24, 2.45) is 0 Å². The molecule has 0 amide bonds. The van der Waals surface area contributed by atoms with Gasteiger partial charge in [0.1, 0.15) is 0 Å². The minimum absolute atomic E-state index is 0.390. The van der Waals surface area contributed by atoms with Gasteiger partial charge in [-0.3, -0.25) is 0 Å². The van der Waals surface area contributed by atoms with Crippen molar-refractivity contribution in [1.82, 2.24) is 0 Å². The highest BCUT2D eigenvalue weighted by molar-refractivity contribution is 5.71. The molecule has 112 valence electrons. The average molecular weight is 271 g/mol. The molecule has 0 aromatic carbocycles. The Labute approximate surface area is 118 Å². The number of aliphatic carboxylic acids is 1. The Morgan fingerprint density at radius 3 is 1.53 bits per heavy atom. The van der Waals surface area contributed by atoms with Crippen molar-refractivity contribution >= 4 is 5.97 Å². The zero-order valence-corrected chi connectivity index (χ0v) is 12.3. The summed E-state index contributed by atoms with van der Waals surface area (Å²) in [6.45, 7) is 3.84. The van der Waals surface area contributed by atoms with E-state index in [4.69, 9.17) is 10.2 Å². The topological polar surface area (TPSA) is 57.5 Å². The molecule has 0 saturated heterocycles. The molecule has 19 heavy (non-hydrogen) atoms. The van der Waals surface area contributed by atoms with E-state index in [9.17, 15) is 4.79 Å². The van der Waals surface area contributed by atoms with E-state index < -0.39 is 12.1 Å². The average Bonchev–Trinajstić information content (AvgIpc) is 2.39. The minimum Gasteiger partial charge on any atom is -0.479 e. The molecule has 0 spiro atoms. The quantitative estimate of drug-likeness (QED) is 0.365. The zero-order valence-electron chi connectivity index (χ0n) is 12.3. The Morgan fingerprint density at radius 2 is 1.16 bits per heavy atom. The lowest BCUT2D eigenvalue weighted by atomic mass is 10.0. The summed E-state index contributed by atoms with van der Waals surface area (Å²) < 4.78 is 0. The van der Waals surface area contributed by atoms with Crippen LogP contribution in [0.15, 0.2) is 0 Å². The SMILES string of the molecule is [CH2+]CCCCCCCCCCCCCC(O)C(=O)O. The van der Waals surface area contributed by atoms with Gasteiger partial charge in [0.15, 0.2) is 6.10 Å². The van der Waals surface area contributed by atoms with Crippen molar-refractivity contribution in [3.63, 3.8) is 0 Å². The van der Waals surface area contributed by atoms with Gasteiger partial charge in [0.25, 0.3) is 0 Å². The van der Waals surface area contributed by atoms with Gasteiger partial charge in [0.05, 0.1) is 13.3 Å². The second-order valence-electron chi connectivity index (χ2n) is 5.39. The maximum atomic E-state index is 10.4. The van der Waals surface area contributed by atoms with Crippen LogP contribution in [-0.2, 0) is 4.79 Å². The first-order valence-electron chi connectivity index (χ1n) is 7.88. The number of hydrogen-bond acceptors (Lipinski definition) is 2. The Hall–Kier alpha value is -0.700. The number of unbranched alkanes of at least 4 members (excludes halogenated alkanes) is 11. The predicted octanol–water partition coefficient (Wildman–Crippen LogP) is 4.34. The van der Waals surface area contributed by atoms with Crippen molar-refractivity contribution in [3.8, 4) is 0 Å². The summed E-state index contributed by atoms with van der Waals surface area (Å²) in [5.41, 5.74) is 0. The number of carbonyl (C=O) groups is 1. The molecule has 0 bridgehead atoms. The fourth-order valence-electron chi connectivity index (χ4n) is 2.23. The van der Waals surface area contributed by atoms with Crippen LogP contribution in [0.25, 0.3) is 0 Å². The molecule has 0 aliphatic carbocycles. The summed E-state index contributed by atoms with van der Waals surface area (Å²) in [5, 5.41) is 17.6. The van der Waals surface area contributed by atoms with Gasteiger partial charge in [-0.05, 0) is 19.3 Å². The molecule has 0 rings (SSSR count). The summed E-state index contributed by atoms with van der Waals surface area (Å²) in [6.07, 6.45) is 13.8. The predicted molar refractivity (Wildman–Crippen MR) is 79.0 cm³/mol. The van der Waals surface area contributed by atoms with Gasteiger partial charge in [0.2, 0.25) is 0 Å². The normalized spacial score (nSPS) is 12.5. The highest BCUT2D eigenvalue weighted by atomic mass is 16.4. The third-order valence-corrected chi connectivity index (χ3v) is 3.51. The van der Waals surface area contributed by atoms with Crippen LogP contribution in [-0.4, -0.2) is 22.3 Å². The standard InChI is InChI=1S/C16H30O3/c1-2-3-4-5-6-7-8-9-10-11-12-13-14-15(17)16(18)19/h15,17H,1-14H2/p+1. The Kier molecular flexibility index (Phi) is 13.2. The largest absolute Gasteiger partial charge is 0.479 e. The summed E-state index contributed by atoms with van der Waals surface area (Å²) >= 11 is 0. The molecule has 0 aromatic heterocycles. The number of rotatable bonds is 14. The van der Waals surface area contributed by atoms with Gasteiger partial charge < -0.3 is 10.2 Å². The van der Waals surface area contributed by atoms with Gasteiger partial charge in [-0.25, -0.2) is 4.79 Å². The van der Waals surface area contributed by atoms with Crippen LogP contribution in [0.5, 0.6) is 0 Å². The molecule has 0 heterocycles. The minimum atomic E-state index is -1.17. The van der Waals surface area contributed by atoms with Crippen LogP contribution in [0.1, 0.15) is 83.5 Å². The van der Waals surface area contributed by atoms with Crippen molar-refractivity contribution in [3.05, 3.63) is 6.92 Å². The van der Waals surface area contributed by atoms with E-state index in [1.165, 1.54) is 51.4 Å². The molecule has 2 N–H and O–H groups in total. The summed E-state index contributed by atoms with van der Waals surface area (Å²) in [7, 11) is 0. The van der Waals surface area contributed by atoms with Gasteiger partial charge in [-0.1, -0.05) is 57.8 Å². The Balaban J connectivity index is 3.05. The molecule has 0 fully saturated rings. The van der Waals surface area contributed by atoms with E-state index in [0.717, 1.165) is 25.7 Å². The van der Waals surface area contributed by atoms with E-state index in [1.54, 1.807) is 0 Å². The number of carboxylic acids is 1. The van der Waals surface area contributed by atoms with E-state index in [-0.39, 0.29) is 0 Å². The van der Waals surface area contributed by atoms with Crippen LogP contribution in [0, 0.1) is 6.92 Å².